The highest BCUT2D eigenvalue weighted by Gasteiger charge is 2.23. The normalized spacial score (nSPS) is 12.8. The van der Waals surface area contributed by atoms with Gasteiger partial charge < -0.3 is 31.1 Å². The number of aromatic hydroxyl groups is 2. The zero-order chi connectivity index (χ0) is 33.4. The largest absolute Gasteiger partial charge is 0.504 e. The van der Waals surface area contributed by atoms with Crippen molar-refractivity contribution >= 4 is 45.5 Å². The number of halogens is 1. The molecule has 0 saturated carbocycles. The van der Waals surface area contributed by atoms with Crippen molar-refractivity contribution in [1.29, 1.82) is 10.8 Å². The predicted molar refractivity (Wildman–Crippen MR) is 184 cm³/mol. The predicted octanol–water partition coefficient (Wildman–Crippen LogP) is 7.24. The first kappa shape index (κ1) is 34.1. The number of pyridine rings is 1. The molecule has 0 saturated heterocycles. The smallest absolute Gasteiger partial charge is 0.226 e. The van der Waals surface area contributed by atoms with E-state index in [9.17, 15) is 15.0 Å². The Hall–Kier alpha value is -4.76. The average molecular weight is 642 g/mol. The van der Waals surface area contributed by atoms with Crippen LogP contribution in [0.3, 0.4) is 0 Å². The molecular weight excluding hydrogens is 602 g/mol. The summed E-state index contributed by atoms with van der Waals surface area (Å²) in [7, 11) is 1.60. The number of phenols is 2. The van der Waals surface area contributed by atoms with Crippen LogP contribution in [0.4, 0.5) is 0 Å². The van der Waals surface area contributed by atoms with Gasteiger partial charge in [-0.3, -0.25) is 9.79 Å². The van der Waals surface area contributed by atoms with Gasteiger partial charge in [0.05, 0.1) is 19.2 Å². The van der Waals surface area contributed by atoms with Crippen molar-refractivity contribution in [2.45, 2.75) is 52.5 Å². The van der Waals surface area contributed by atoms with Crippen molar-refractivity contribution in [2.75, 3.05) is 13.7 Å². The number of amides is 1. The third-order valence-electron chi connectivity index (χ3n) is 8.03. The Labute approximate surface area is 274 Å². The van der Waals surface area contributed by atoms with Gasteiger partial charge in [0, 0.05) is 46.4 Å². The van der Waals surface area contributed by atoms with Crippen LogP contribution >= 0.6 is 11.6 Å². The number of benzene rings is 3. The summed E-state index contributed by atoms with van der Waals surface area (Å²) in [4.78, 5) is 22.6. The molecule has 1 amide bonds. The van der Waals surface area contributed by atoms with Crippen LogP contribution in [-0.4, -0.2) is 51.9 Å². The van der Waals surface area contributed by atoms with Crippen LogP contribution in [-0.2, 0) is 17.6 Å². The number of carbonyl (C=O) groups is 1. The molecule has 4 rings (SSSR count). The van der Waals surface area contributed by atoms with E-state index in [1.54, 1.807) is 38.3 Å². The lowest BCUT2D eigenvalue weighted by molar-refractivity contribution is -0.119. The first-order valence-electron chi connectivity index (χ1n) is 15.2. The van der Waals surface area contributed by atoms with Gasteiger partial charge in [0.1, 0.15) is 17.3 Å². The third-order valence-corrected chi connectivity index (χ3v) is 8.28. The third kappa shape index (κ3) is 8.48. The Bertz CT molecular complexity index is 1770. The van der Waals surface area contributed by atoms with Gasteiger partial charge in [-0.05, 0) is 85.8 Å². The molecule has 3 aromatic carbocycles. The second kappa shape index (κ2) is 15.5. The summed E-state index contributed by atoms with van der Waals surface area (Å²) in [5, 5.41) is 41.0. The Balaban J connectivity index is 1.61. The van der Waals surface area contributed by atoms with Gasteiger partial charge in [-0.25, -0.2) is 4.98 Å². The number of methoxy groups -OCH3 is 1. The molecule has 0 aliphatic rings. The molecule has 1 heterocycles. The van der Waals surface area contributed by atoms with Crippen molar-refractivity contribution in [2.24, 2.45) is 10.9 Å². The molecule has 46 heavy (non-hydrogen) atoms. The highest BCUT2D eigenvalue weighted by molar-refractivity contribution is 6.43. The molecule has 4 aromatic rings. The Morgan fingerprint density at radius 2 is 1.76 bits per heavy atom. The van der Waals surface area contributed by atoms with Crippen LogP contribution in [0.1, 0.15) is 62.0 Å². The molecule has 0 aliphatic heterocycles. The first-order valence-corrected chi connectivity index (χ1v) is 15.5. The molecule has 10 heteroatoms. The highest BCUT2D eigenvalue weighted by Crippen LogP contribution is 2.35. The van der Waals surface area contributed by atoms with Gasteiger partial charge in [-0.15, -0.1) is 0 Å². The van der Waals surface area contributed by atoms with Crippen molar-refractivity contribution in [3.05, 3.63) is 94.1 Å². The van der Waals surface area contributed by atoms with E-state index >= 15 is 0 Å². The highest BCUT2D eigenvalue weighted by atomic mass is 35.5. The van der Waals surface area contributed by atoms with E-state index in [0.29, 0.717) is 51.6 Å². The van der Waals surface area contributed by atoms with Gasteiger partial charge in [0.15, 0.2) is 11.5 Å². The van der Waals surface area contributed by atoms with Crippen molar-refractivity contribution < 1.29 is 19.7 Å². The molecular formula is C36H40ClN5O4. The number of carbonyl (C=O) groups excluding carboxylic acids is 1. The number of hydrogen-bond acceptors (Lipinski definition) is 8. The Kier molecular flexibility index (Phi) is 11.5. The number of hydrogen-bond donors (Lipinski definition) is 5. The SMILES string of the molecule is CCC(Cc1ccc(OC)cc1C(N=C(CC(=O)NCCc1ccc2ccc(O)c(O)c2n1)C(C)=N)c1ccc(Cl)cc1)C(C)=N. The molecule has 0 radical (unpaired) electrons. The molecule has 0 aliphatic carbocycles. The standard InChI is InChI=1S/C36H40ClN5O4/c1-5-23(21(2)38)18-26-9-14-29(46-4)19-30(26)34(24-6-11-27(37)12-7-24)42-31(22(3)39)20-33(44)40-17-16-28-13-8-25-10-15-32(43)36(45)35(25)41-28/h6-15,19,23,34,38-39,43,45H,5,16-18,20H2,1-4H3,(H,40,44). The minimum Gasteiger partial charge on any atom is -0.504 e. The average Bonchev–Trinajstić information content (AvgIpc) is 3.04. The van der Waals surface area contributed by atoms with E-state index in [4.69, 9.17) is 32.1 Å². The molecule has 0 spiro atoms. The van der Waals surface area contributed by atoms with Crippen LogP contribution in [0.2, 0.25) is 5.02 Å². The molecule has 1 aromatic heterocycles. The van der Waals surface area contributed by atoms with Crippen molar-refractivity contribution in [1.82, 2.24) is 10.3 Å². The van der Waals surface area contributed by atoms with Gasteiger partial charge in [0.2, 0.25) is 5.91 Å². The van der Waals surface area contributed by atoms with Gasteiger partial charge in [-0.2, -0.15) is 0 Å². The lowest BCUT2D eigenvalue weighted by atomic mass is 9.86. The van der Waals surface area contributed by atoms with Gasteiger partial charge >= 0.3 is 0 Å². The Morgan fingerprint density at radius 1 is 1.04 bits per heavy atom. The summed E-state index contributed by atoms with van der Waals surface area (Å²) in [6, 6.07) is 19.4. The fourth-order valence-corrected chi connectivity index (χ4v) is 5.42. The van der Waals surface area contributed by atoms with E-state index in [2.05, 4.69) is 17.2 Å². The van der Waals surface area contributed by atoms with E-state index < -0.39 is 6.04 Å². The quantitative estimate of drug-likeness (QED) is 0.0726. The second-order valence-electron chi connectivity index (χ2n) is 11.3. The lowest BCUT2D eigenvalue weighted by Crippen LogP contribution is -2.30. The fourth-order valence-electron chi connectivity index (χ4n) is 5.30. The van der Waals surface area contributed by atoms with Crippen molar-refractivity contribution in [3.63, 3.8) is 0 Å². The molecule has 5 N–H and O–H groups in total. The molecule has 2 unspecified atom stereocenters. The van der Waals surface area contributed by atoms with Gasteiger partial charge in [-0.1, -0.05) is 42.8 Å². The number of nitrogens with one attached hydrogen (secondary N) is 3. The first-order chi connectivity index (χ1) is 22.0. The maximum Gasteiger partial charge on any atom is 0.226 e. The van der Waals surface area contributed by atoms with Crippen molar-refractivity contribution in [3.8, 4) is 17.2 Å². The summed E-state index contributed by atoms with van der Waals surface area (Å²) < 4.78 is 5.58. The maximum atomic E-state index is 13.1. The number of aliphatic imine (C=N–C) groups is 1. The number of phenolic OH excluding ortho intramolecular Hbond substituents is 2. The number of rotatable bonds is 14. The van der Waals surface area contributed by atoms with E-state index in [-0.39, 0.29) is 42.0 Å². The topological polar surface area (TPSA) is 152 Å². The molecule has 240 valence electrons. The number of aromatic nitrogens is 1. The second-order valence-corrected chi connectivity index (χ2v) is 11.7. The van der Waals surface area contributed by atoms with Crippen LogP contribution in [0.5, 0.6) is 17.2 Å². The number of ether oxygens (including phenoxy) is 1. The fraction of sp³-hybridized carbons (Fsp3) is 0.306. The molecule has 0 fully saturated rings. The molecule has 0 bridgehead atoms. The number of fused-ring (bicyclic) bond motifs is 1. The van der Waals surface area contributed by atoms with Crippen LogP contribution < -0.4 is 10.1 Å². The van der Waals surface area contributed by atoms with E-state index in [1.807, 2.05) is 43.3 Å². The summed E-state index contributed by atoms with van der Waals surface area (Å²) in [6.45, 7) is 5.79. The Morgan fingerprint density at radius 3 is 2.41 bits per heavy atom. The minimum absolute atomic E-state index is 0.0588. The van der Waals surface area contributed by atoms with Crippen LogP contribution in [0, 0.1) is 16.7 Å². The maximum absolute atomic E-state index is 13.1. The van der Waals surface area contributed by atoms with E-state index in [1.165, 1.54) is 6.07 Å². The monoisotopic (exact) mass is 641 g/mol. The lowest BCUT2D eigenvalue weighted by Gasteiger charge is -2.23. The van der Waals surface area contributed by atoms with E-state index in [0.717, 1.165) is 23.1 Å². The molecule has 2 atom stereocenters. The summed E-state index contributed by atoms with van der Waals surface area (Å²) in [6.07, 6.45) is 1.76. The summed E-state index contributed by atoms with van der Waals surface area (Å²) >= 11 is 6.23. The van der Waals surface area contributed by atoms with Crippen LogP contribution in [0.15, 0.2) is 71.7 Å². The van der Waals surface area contributed by atoms with Crippen LogP contribution in [0.25, 0.3) is 10.9 Å². The summed E-state index contributed by atoms with van der Waals surface area (Å²) in [5.41, 5.74) is 4.78. The number of nitrogens with zero attached hydrogens (tertiary/aromatic N) is 2. The van der Waals surface area contributed by atoms with Gasteiger partial charge in [0.25, 0.3) is 0 Å². The zero-order valence-electron chi connectivity index (χ0n) is 26.5. The zero-order valence-corrected chi connectivity index (χ0v) is 27.3. The minimum atomic E-state index is -0.556. The molecule has 9 nitrogen and oxygen atoms in total. The summed E-state index contributed by atoms with van der Waals surface area (Å²) in [5.74, 6) is -0.101.